The van der Waals surface area contributed by atoms with Crippen molar-refractivity contribution in [2.24, 2.45) is 5.92 Å². The summed E-state index contributed by atoms with van der Waals surface area (Å²) in [6, 6.07) is 11.2. The van der Waals surface area contributed by atoms with E-state index in [1.807, 2.05) is 13.8 Å². The van der Waals surface area contributed by atoms with Crippen LogP contribution >= 0.6 is 11.6 Å². The van der Waals surface area contributed by atoms with Crippen molar-refractivity contribution in [1.29, 1.82) is 0 Å². The molecule has 3 aromatic rings. The molecule has 3 rings (SSSR count). The Morgan fingerprint density at radius 2 is 1.62 bits per heavy atom. The van der Waals surface area contributed by atoms with Crippen molar-refractivity contribution >= 4 is 17.6 Å². The Bertz CT molecular complexity index is 1240. The summed E-state index contributed by atoms with van der Waals surface area (Å²) in [5, 5.41) is -0.443. The molecule has 3 nitrogen and oxygen atoms in total. The summed E-state index contributed by atoms with van der Waals surface area (Å²) in [6.45, 7) is 5.50. The lowest BCUT2D eigenvalue weighted by molar-refractivity contribution is -0.145. The Morgan fingerprint density at radius 1 is 0.946 bits per heavy atom. The van der Waals surface area contributed by atoms with Crippen molar-refractivity contribution in [3.8, 4) is 16.9 Å². The Morgan fingerprint density at radius 3 is 2.22 bits per heavy atom. The fourth-order valence-corrected chi connectivity index (χ4v) is 4.16. The molecule has 0 bridgehead atoms. The fourth-order valence-electron chi connectivity index (χ4n) is 3.94. The molecular weight excluding hydrogens is 515 g/mol. The van der Waals surface area contributed by atoms with E-state index in [1.54, 1.807) is 19.1 Å². The molecule has 0 fully saturated rings. The predicted octanol–water partition coefficient (Wildman–Crippen LogP) is 8.58. The molecule has 198 valence electrons. The topological polar surface area (TPSA) is 35.5 Å². The number of hydrogen-bond donors (Lipinski definition) is 0. The van der Waals surface area contributed by atoms with Gasteiger partial charge in [-0.15, -0.1) is 0 Å². The van der Waals surface area contributed by atoms with Gasteiger partial charge in [0.25, 0.3) is 0 Å². The van der Waals surface area contributed by atoms with Crippen LogP contribution in [0, 0.1) is 17.6 Å². The first-order valence-electron chi connectivity index (χ1n) is 11.6. The van der Waals surface area contributed by atoms with E-state index in [2.05, 4.69) is 0 Å². The minimum atomic E-state index is -4.67. The van der Waals surface area contributed by atoms with Crippen molar-refractivity contribution in [1.82, 2.24) is 0 Å². The highest BCUT2D eigenvalue weighted by Gasteiger charge is 2.33. The summed E-state index contributed by atoms with van der Waals surface area (Å²) in [7, 11) is 0. The molecule has 3 aromatic carbocycles. The van der Waals surface area contributed by atoms with E-state index in [4.69, 9.17) is 21.1 Å². The average molecular weight is 541 g/mol. The Hall–Kier alpha value is -3.13. The van der Waals surface area contributed by atoms with Crippen LogP contribution in [0.3, 0.4) is 0 Å². The third kappa shape index (κ3) is 7.68. The number of esters is 1. The van der Waals surface area contributed by atoms with Gasteiger partial charge in [0.2, 0.25) is 0 Å². The monoisotopic (exact) mass is 540 g/mol. The second-order valence-electron chi connectivity index (χ2n) is 8.98. The van der Waals surface area contributed by atoms with Crippen LogP contribution in [0.1, 0.15) is 49.8 Å². The molecule has 0 aliphatic rings. The smallest absolute Gasteiger partial charge is 0.417 e. The van der Waals surface area contributed by atoms with E-state index >= 15 is 0 Å². The van der Waals surface area contributed by atoms with Gasteiger partial charge in [-0.25, -0.2) is 8.78 Å². The first-order valence-corrected chi connectivity index (χ1v) is 12.0. The lowest BCUT2D eigenvalue weighted by Gasteiger charge is -2.20. The second kappa shape index (κ2) is 11.9. The molecule has 1 unspecified atom stereocenters. The van der Waals surface area contributed by atoms with E-state index in [0.717, 1.165) is 30.3 Å². The summed E-state index contributed by atoms with van der Waals surface area (Å²) in [5.41, 5.74) is 0.248. The van der Waals surface area contributed by atoms with Crippen molar-refractivity contribution in [2.45, 2.75) is 45.9 Å². The maximum atomic E-state index is 13.6. The second-order valence-corrected chi connectivity index (χ2v) is 9.39. The SMILES string of the molecule is CCOC(=O)C(CC(C)C)c1cc(OCc2cc(F)cc(F)c2)cc(-c2ccc(Cl)c(C(F)(F)F)c2)c1. The molecule has 1 atom stereocenters. The van der Waals surface area contributed by atoms with Gasteiger partial charge in [0.15, 0.2) is 0 Å². The summed E-state index contributed by atoms with van der Waals surface area (Å²) < 4.78 is 78.8. The van der Waals surface area contributed by atoms with Gasteiger partial charge in [0.1, 0.15) is 24.0 Å². The minimum absolute atomic E-state index is 0.102. The zero-order valence-corrected chi connectivity index (χ0v) is 21.2. The maximum absolute atomic E-state index is 13.6. The quantitative estimate of drug-likeness (QED) is 0.201. The molecule has 0 saturated carbocycles. The predicted molar refractivity (Wildman–Crippen MR) is 131 cm³/mol. The van der Waals surface area contributed by atoms with Gasteiger partial charge in [-0.1, -0.05) is 37.6 Å². The van der Waals surface area contributed by atoms with E-state index in [-0.39, 0.29) is 36.0 Å². The van der Waals surface area contributed by atoms with Crippen molar-refractivity contribution in [3.63, 3.8) is 0 Å². The Kier molecular flexibility index (Phi) is 9.18. The highest BCUT2D eigenvalue weighted by molar-refractivity contribution is 6.31. The number of ether oxygens (including phenoxy) is 2. The van der Waals surface area contributed by atoms with Gasteiger partial charge in [-0.2, -0.15) is 13.2 Å². The maximum Gasteiger partial charge on any atom is 0.417 e. The molecule has 0 aromatic heterocycles. The van der Waals surface area contributed by atoms with Crippen LogP contribution in [0.5, 0.6) is 5.75 Å². The van der Waals surface area contributed by atoms with Crippen LogP contribution in [-0.4, -0.2) is 12.6 Å². The minimum Gasteiger partial charge on any atom is -0.489 e. The first kappa shape index (κ1) is 28.4. The Labute approximate surface area is 217 Å². The zero-order valence-electron chi connectivity index (χ0n) is 20.5. The molecule has 0 spiro atoms. The third-order valence-electron chi connectivity index (χ3n) is 5.54. The van der Waals surface area contributed by atoms with E-state index < -0.39 is 40.3 Å². The number of hydrogen-bond acceptors (Lipinski definition) is 3. The van der Waals surface area contributed by atoms with Crippen molar-refractivity contribution in [3.05, 3.63) is 87.9 Å². The first-order chi connectivity index (χ1) is 17.4. The third-order valence-corrected chi connectivity index (χ3v) is 5.87. The molecule has 0 aliphatic heterocycles. The molecular formula is C28H26ClF5O3. The van der Waals surface area contributed by atoms with Gasteiger partial charge in [-0.05, 0) is 77.9 Å². The number of halogens is 6. The number of rotatable bonds is 9. The standard InChI is InChI=1S/C28H26ClF5O3/c1-4-36-27(35)24(7-16(2)3)20-10-19(18-5-6-26(29)25(13-18)28(32,33)34)11-23(12-20)37-15-17-8-21(30)14-22(31)9-17/h5-6,8-14,16,24H,4,7,15H2,1-3H3. The van der Waals surface area contributed by atoms with Crippen LogP contribution in [0.4, 0.5) is 22.0 Å². The lowest BCUT2D eigenvalue weighted by Crippen LogP contribution is -2.18. The number of alkyl halides is 3. The number of benzene rings is 3. The molecule has 0 N–H and O–H groups in total. The normalized spacial score (nSPS) is 12.5. The highest BCUT2D eigenvalue weighted by Crippen LogP contribution is 2.39. The number of carbonyl (C=O) groups excluding carboxylic acids is 1. The largest absolute Gasteiger partial charge is 0.489 e. The average Bonchev–Trinajstić information content (AvgIpc) is 2.80. The van der Waals surface area contributed by atoms with Crippen LogP contribution in [0.2, 0.25) is 5.02 Å². The van der Waals surface area contributed by atoms with Crippen molar-refractivity contribution in [2.75, 3.05) is 6.61 Å². The number of carbonyl (C=O) groups is 1. The van der Waals surface area contributed by atoms with E-state index in [1.165, 1.54) is 12.1 Å². The lowest BCUT2D eigenvalue weighted by atomic mass is 9.88. The summed E-state index contributed by atoms with van der Waals surface area (Å²) >= 11 is 5.79. The molecule has 37 heavy (non-hydrogen) atoms. The van der Waals surface area contributed by atoms with Gasteiger partial charge < -0.3 is 9.47 Å². The van der Waals surface area contributed by atoms with Crippen LogP contribution in [0.25, 0.3) is 11.1 Å². The fraction of sp³-hybridized carbons (Fsp3) is 0.321. The van der Waals surface area contributed by atoms with E-state index in [9.17, 15) is 26.7 Å². The summed E-state index contributed by atoms with van der Waals surface area (Å²) in [5.74, 6) is -2.41. The van der Waals surface area contributed by atoms with Gasteiger partial charge in [0, 0.05) is 6.07 Å². The summed E-state index contributed by atoms with van der Waals surface area (Å²) in [6.07, 6.45) is -4.25. The Balaban J connectivity index is 2.10. The van der Waals surface area contributed by atoms with Gasteiger partial charge in [-0.3, -0.25) is 4.79 Å². The molecule has 0 amide bonds. The van der Waals surface area contributed by atoms with Gasteiger partial charge in [0.05, 0.1) is 23.1 Å². The molecule has 0 aliphatic carbocycles. The van der Waals surface area contributed by atoms with Crippen LogP contribution in [-0.2, 0) is 22.3 Å². The van der Waals surface area contributed by atoms with Gasteiger partial charge >= 0.3 is 12.1 Å². The zero-order chi connectivity index (χ0) is 27.3. The summed E-state index contributed by atoms with van der Waals surface area (Å²) in [4.78, 5) is 12.8. The van der Waals surface area contributed by atoms with Crippen molar-refractivity contribution < 1.29 is 36.2 Å². The molecule has 0 radical (unpaired) electrons. The molecule has 0 heterocycles. The molecule has 9 heteroatoms. The van der Waals surface area contributed by atoms with E-state index in [0.29, 0.717) is 17.5 Å². The van der Waals surface area contributed by atoms with Crippen LogP contribution < -0.4 is 4.74 Å². The highest BCUT2D eigenvalue weighted by atomic mass is 35.5. The van der Waals surface area contributed by atoms with Crippen LogP contribution in [0.15, 0.2) is 54.6 Å². The molecule has 0 saturated heterocycles.